The summed E-state index contributed by atoms with van der Waals surface area (Å²) in [5.74, 6) is 0.128. The summed E-state index contributed by atoms with van der Waals surface area (Å²) >= 11 is 0. The van der Waals surface area contributed by atoms with E-state index in [1.807, 2.05) is 66.7 Å². The third-order valence-electron chi connectivity index (χ3n) is 4.46. The van der Waals surface area contributed by atoms with Crippen LogP contribution in [-0.2, 0) is 0 Å². The van der Waals surface area contributed by atoms with Gasteiger partial charge < -0.3 is 0 Å². The van der Waals surface area contributed by atoms with Gasteiger partial charge in [0, 0.05) is 23.5 Å². The second-order valence-corrected chi connectivity index (χ2v) is 6.01. The van der Waals surface area contributed by atoms with Crippen LogP contribution in [0.25, 0.3) is 0 Å². The van der Waals surface area contributed by atoms with Crippen LogP contribution in [0.4, 0.5) is 0 Å². The fraction of sp³-hybridized carbons (Fsp3) is 0.238. The molecule has 0 spiro atoms. The zero-order valence-electron chi connectivity index (χ0n) is 13.0. The van der Waals surface area contributed by atoms with Crippen LogP contribution >= 0.6 is 0 Å². The van der Waals surface area contributed by atoms with Gasteiger partial charge in [-0.1, -0.05) is 72.8 Å². The summed E-state index contributed by atoms with van der Waals surface area (Å²) in [7, 11) is 0. The first-order chi connectivity index (χ1) is 11.3. The summed E-state index contributed by atoms with van der Waals surface area (Å²) in [6, 6.07) is 18.7. The van der Waals surface area contributed by atoms with E-state index in [-0.39, 0.29) is 23.4 Å². The smallest absolute Gasteiger partial charge is 0.169 e. The minimum atomic E-state index is -0.196. The highest BCUT2D eigenvalue weighted by molar-refractivity contribution is 6.00. The van der Waals surface area contributed by atoms with Crippen LogP contribution in [0.5, 0.6) is 0 Å². The molecule has 0 N–H and O–H groups in total. The zero-order chi connectivity index (χ0) is 16.1. The van der Waals surface area contributed by atoms with E-state index in [1.54, 1.807) is 0 Å². The molecule has 0 heterocycles. The molecule has 0 saturated carbocycles. The summed E-state index contributed by atoms with van der Waals surface area (Å²) < 4.78 is 0. The topological polar surface area (TPSA) is 34.1 Å². The van der Waals surface area contributed by atoms with Crippen molar-refractivity contribution in [2.24, 2.45) is 11.8 Å². The summed E-state index contributed by atoms with van der Waals surface area (Å²) in [6.07, 6.45) is 6.30. The van der Waals surface area contributed by atoms with Gasteiger partial charge in [0.25, 0.3) is 0 Å². The van der Waals surface area contributed by atoms with Gasteiger partial charge in [-0.25, -0.2) is 0 Å². The standard InChI is InChI=1S/C21H20O2/c22-20(16-9-3-1-4-10-16)15-18-13-7-8-14-19(18)21(23)17-11-5-2-6-12-17/h1-6,8-12,14,18-19H,7,13,15H2/t18-,19+/m0/s1. The molecule has 0 bridgehead atoms. The normalized spacial score (nSPS) is 20.2. The molecule has 0 amide bonds. The molecule has 23 heavy (non-hydrogen) atoms. The lowest BCUT2D eigenvalue weighted by Gasteiger charge is -2.26. The second-order valence-electron chi connectivity index (χ2n) is 6.01. The number of rotatable bonds is 5. The van der Waals surface area contributed by atoms with E-state index in [2.05, 4.69) is 6.08 Å². The molecule has 0 aliphatic heterocycles. The number of Topliss-reactive ketones (excluding diaryl/α,β-unsaturated/α-hetero) is 2. The molecule has 0 fully saturated rings. The molecule has 2 nitrogen and oxygen atoms in total. The quantitative estimate of drug-likeness (QED) is 0.591. The largest absolute Gasteiger partial charge is 0.294 e. The lowest BCUT2D eigenvalue weighted by atomic mass is 9.76. The fourth-order valence-corrected chi connectivity index (χ4v) is 3.20. The lowest BCUT2D eigenvalue weighted by Crippen LogP contribution is -2.26. The highest BCUT2D eigenvalue weighted by Crippen LogP contribution is 2.31. The lowest BCUT2D eigenvalue weighted by molar-refractivity contribution is 0.0862. The Kier molecular flexibility index (Phi) is 4.82. The molecule has 2 aromatic carbocycles. The number of carbonyl (C=O) groups excluding carboxylic acids is 2. The monoisotopic (exact) mass is 304 g/mol. The van der Waals surface area contributed by atoms with Crippen LogP contribution in [0.1, 0.15) is 40.0 Å². The molecule has 1 aliphatic carbocycles. The number of benzene rings is 2. The van der Waals surface area contributed by atoms with Gasteiger partial charge >= 0.3 is 0 Å². The molecular weight excluding hydrogens is 284 g/mol. The number of allylic oxidation sites excluding steroid dienone is 2. The van der Waals surface area contributed by atoms with Gasteiger partial charge in [0.05, 0.1) is 0 Å². The predicted octanol–water partition coefficient (Wildman–Crippen LogP) is 4.72. The van der Waals surface area contributed by atoms with Gasteiger partial charge in [0.2, 0.25) is 0 Å². The average Bonchev–Trinajstić information content (AvgIpc) is 2.63. The van der Waals surface area contributed by atoms with Crippen molar-refractivity contribution in [3.63, 3.8) is 0 Å². The van der Waals surface area contributed by atoms with Crippen molar-refractivity contribution in [1.29, 1.82) is 0 Å². The van der Waals surface area contributed by atoms with Crippen molar-refractivity contribution >= 4 is 11.6 Å². The Morgan fingerprint density at radius 2 is 1.48 bits per heavy atom. The Morgan fingerprint density at radius 1 is 0.870 bits per heavy atom. The molecule has 2 aromatic rings. The van der Waals surface area contributed by atoms with E-state index in [1.165, 1.54) is 0 Å². The Morgan fingerprint density at radius 3 is 2.13 bits per heavy atom. The summed E-state index contributed by atoms with van der Waals surface area (Å²) in [6.45, 7) is 0. The molecule has 2 heteroatoms. The van der Waals surface area contributed by atoms with Crippen molar-refractivity contribution in [2.45, 2.75) is 19.3 Å². The van der Waals surface area contributed by atoms with E-state index in [0.29, 0.717) is 6.42 Å². The maximum atomic E-state index is 12.8. The Bertz CT molecular complexity index is 701. The Labute approximate surface area is 136 Å². The second kappa shape index (κ2) is 7.19. The summed E-state index contributed by atoms with van der Waals surface area (Å²) in [4.78, 5) is 25.2. The maximum Gasteiger partial charge on any atom is 0.169 e. The SMILES string of the molecule is O=C(C[C@@H]1CCC=C[C@H]1C(=O)c1ccccc1)c1ccccc1. The molecule has 0 aromatic heterocycles. The first kappa shape index (κ1) is 15.4. The summed E-state index contributed by atoms with van der Waals surface area (Å²) in [5.41, 5.74) is 1.45. The van der Waals surface area contributed by atoms with E-state index >= 15 is 0 Å². The number of carbonyl (C=O) groups is 2. The van der Waals surface area contributed by atoms with Gasteiger partial charge in [-0.05, 0) is 18.8 Å². The molecule has 116 valence electrons. The van der Waals surface area contributed by atoms with Crippen molar-refractivity contribution < 1.29 is 9.59 Å². The Balaban J connectivity index is 1.77. The summed E-state index contributed by atoms with van der Waals surface area (Å²) in [5, 5.41) is 0. The zero-order valence-corrected chi connectivity index (χ0v) is 13.0. The molecular formula is C21H20O2. The van der Waals surface area contributed by atoms with Crippen LogP contribution in [0.3, 0.4) is 0 Å². The van der Waals surface area contributed by atoms with Crippen LogP contribution in [-0.4, -0.2) is 11.6 Å². The third-order valence-corrected chi connectivity index (χ3v) is 4.46. The van der Waals surface area contributed by atoms with E-state index in [9.17, 15) is 9.59 Å². The van der Waals surface area contributed by atoms with Gasteiger partial charge in [-0.3, -0.25) is 9.59 Å². The highest BCUT2D eigenvalue weighted by Gasteiger charge is 2.30. The van der Waals surface area contributed by atoms with Gasteiger partial charge in [0.1, 0.15) is 0 Å². The molecule has 1 aliphatic rings. The third kappa shape index (κ3) is 3.65. The minimum absolute atomic E-state index is 0.0837. The number of ketones is 2. The van der Waals surface area contributed by atoms with Crippen molar-refractivity contribution in [3.05, 3.63) is 83.9 Å². The molecule has 0 saturated heterocycles. The van der Waals surface area contributed by atoms with Gasteiger partial charge in [-0.2, -0.15) is 0 Å². The van der Waals surface area contributed by atoms with Crippen molar-refractivity contribution in [1.82, 2.24) is 0 Å². The van der Waals surface area contributed by atoms with Crippen LogP contribution in [0, 0.1) is 11.8 Å². The molecule has 3 rings (SSSR count). The maximum absolute atomic E-state index is 12.8. The van der Waals surface area contributed by atoms with Crippen LogP contribution in [0.15, 0.2) is 72.8 Å². The molecule has 0 radical (unpaired) electrons. The van der Waals surface area contributed by atoms with Gasteiger partial charge in [-0.15, -0.1) is 0 Å². The first-order valence-electron chi connectivity index (χ1n) is 8.10. The number of hydrogen-bond acceptors (Lipinski definition) is 2. The van der Waals surface area contributed by atoms with E-state index < -0.39 is 0 Å². The van der Waals surface area contributed by atoms with E-state index in [0.717, 1.165) is 24.0 Å². The van der Waals surface area contributed by atoms with E-state index in [4.69, 9.17) is 0 Å². The minimum Gasteiger partial charge on any atom is -0.294 e. The number of hydrogen-bond donors (Lipinski definition) is 0. The predicted molar refractivity (Wildman–Crippen MR) is 91.5 cm³/mol. The van der Waals surface area contributed by atoms with Crippen LogP contribution in [0.2, 0.25) is 0 Å². The van der Waals surface area contributed by atoms with Crippen molar-refractivity contribution in [3.8, 4) is 0 Å². The molecule has 0 unspecified atom stereocenters. The fourth-order valence-electron chi connectivity index (χ4n) is 3.20. The first-order valence-corrected chi connectivity index (χ1v) is 8.10. The average molecular weight is 304 g/mol. The van der Waals surface area contributed by atoms with Gasteiger partial charge in [0.15, 0.2) is 11.6 Å². The van der Waals surface area contributed by atoms with Crippen molar-refractivity contribution in [2.75, 3.05) is 0 Å². The molecule has 2 atom stereocenters. The van der Waals surface area contributed by atoms with Crippen LogP contribution < -0.4 is 0 Å². The Hall–Kier alpha value is -2.48. The highest BCUT2D eigenvalue weighted by atomic mass is 16.1.